The molecule has 32 heavy (non-hydrogen) atoms. The molecule has 4 rings (SSSR count). The quantitative estimate of drug-likeness (QED) is 0.710. The molecule has 2 saturated heterocycles. The minimum Gasteiger partial charge on any atom is -0.372 e. The van der Waals surface area contributed by atoms with Crippen molar-refractivity contribution in [3.8, 4) is 0 Å². The molecule has 0 unspecified atom stereocenters. The maximum absolute atomic E-state index is 13.0. The van der Waals surface area contributed by atoms with Crippen molar-refractivity contribution < 1.29 is 21.6 Å². The van der Waals surface area contributed by atoms with Crippen LogP contribution in [0.25, 0.3) is 0 Å². The smallest absolute Gasteiger partial charge is 0.262 e. The summed E-state index contributed by atoms with van der Waals surface area (Å²) in [6.07, 6.45) is 2.32. The van der Waals surface area contributed by atoms with E-state index in [0.29, 0.717) is 11.3 Å². The Morgan fingerprint density at radius 2 is 1.56 bits per heavy atom. The SMILES string of the molecule is Cc1cc(N2C(=O)C(C)(C)CS2(=O)=O)ccc1S(=O)(=O)Nc1ccc(N2CCCC2)cc1. The van der Waals surface area contributed by atoms with E-state index in [0.717, 1.165) is 35.9 Å². The third-order valence-corrected chi connectivity index (χ3v) is 9.42. The molecular formula is C22H27N3O5S2. The number of anilines is 3. The van der Waals surface area contributed by atoms with Crippen LogP contribution in [0.3, 0.4) is 0 Å². The van der Waals surface area contributed by atoms with Crippen molar-refractivity contribution in [3.05, 3.63) is 48.0 Å². The van der Waals surface area contributed by atoms with Gasteiger partial charge in [-0.2, -0.15) is 0 Å². The maximum Gasteiger partial charge on any atom is 0.262 e. The van der Waals surface area contributed by atoms with Crippen molar-refractivity contribution in [3.63, 3.8) is 0 Å². The predicted molar refractivity (Wildman–Crippen MR) is 125 cm³/mol. The van der Waals surface area contributed by atoms with Gasteiger partial charge in [-0.15, -0.1) is 0 Å². The highest BCUT2D eigenvalue weighted by atomic mass is 32.2. The summed E-state index contributed by atoms with van der Waals surface area (Å²) in [4.78, 5) is 14.9. The highest BCUT2D eigenvalue weighted by Crippen LogP contribution is 2.37. The number of carbonyl (C=O) groups excluding carboxylic acids is 1. The molecular weight excluding hydrogens is 450 g/mol. The van der Waals surface area contributed by atoms with Crippen molar-refractivity contribution in [1.82, 2.24) is 0 Å². The molecule has 0 saturated carbocycles. The number of carbonyl (C=O) groups is 1. The second-order valence-electron chi connectivity index (χ2n) is 9.01. The Hall–Kier alpha value is -2.59. The van der Waals surface area contributed by atoms with Crippen molar-refractivity contribution >= 4 is 43.0 Å². The van der Waals surface area contributed by atoms with E-state index >= 15 is 0 Å². The van der Waals surface area contributed by atoms with Gasteiger partial charge in [0.2, 0.25) is 15.9 Å². The molecule has 0 aliphatic carbocycles. The normalized spacial score (nSPS) is 20.0. The number of amides is 1. The van der Waals surface area contributed by atoms with Gasteiger partial charge in [-0.3, -0.25) is 9.52 Å². The fraction of sp³-hybridized carbons (Fsp3) is 0.409. The Kier molecular flexibility index (Phi) is 5.49. The van der Waals surface area contributed by atoms with Gasteiger partial charge in [-0.05, 0) is 81.6 Å². The van der Waals surface area contributed by atoms with Crippen LogP contribution in [0.1, 0.15) is 32.3 Å². The summed E-state index contributed by atoms with van der Waals surface area (Å²) in [5.74, 6) is -0.809. The molecule has 8 nitrogen and oxygen atoms in total. The first-order valence-corrected chi connectivity index (χ1v) is 13.6. The van der Waals surface area contributed by atoms with E-state index in [4.69, 9.17) is 0 Å². The number of hydrogen-bond acceptors (Lipinski definition) is 6. The highest BCUT2D eigenvalue weighted by molar-refractivity contribution is 7.94. The summed E-state index contributed by atoms with van der Waals surface area (Å²) in [6.45, 7) is 6.74. The third-order valence-electron chi connectivity index (χ3n) is 5.86. The van der Waals surface area contributed by atoms with Crippen molar-refractivity contribution in [2.45, 2.75) is 38.5 Å². The fourth-order valence-electron chi connectivity index (χ4n) is 4.25. The van der Waals surface area contributed by atoms with E-state index in [-0.39, 0.29) is 16.3 Å². The van der Waals surface area contributed by atoms with Gasteiger partial charge in [0, 0.05) is 24.5 Å². The number of aryl methyl sites for hydroxylation is 1. The average molecular weight is 478 g/mol. The van der Waals surface area contributed by atoms with Gasteiger partial charge in [-0.1, -0.05) is 0 Å². The van der Waals surface area contributed by atoms with Crippen LogP contribution >= 0.6 is 0 Å². The van der Waals surface area contributed by atoms with Crippen molar-refractivity contribution in [2.24, 2.45) is 5.41 Å². The maximum atomic E-state index is 13.0. The van der Waals surface area contributed by atoms with Gasteiger partial charge in [0.1, 0.15) is 0 Å². The summed E-state index contributed by atoms with van der Waals surface area (Å²) in [5, 5.41) is 0. The summed E-state index contributed by atoms with van der Waals surface area (Å²) < 4.78 is 54.3. The fourth-order valence-corrected chi connectivity index (χ4v) is 7.63. The topological polar surface area (TPSA) is 104 Å². The Morgan fingerprint density at radius 3 is 2.09 bits per heavy atom. The average Bonchev–Trinajstić information content (AvgIpc) is 3.26. The monoisotopic (exact) mass is 477 g/mol. The van der Waals surface area contributed by atoms with Gasteiger partial charge in [-0.25, -0.2) is 21.1 Å². The van der Waals surface area contributed by atoms with Gasteiger partial charge in [0.15, 0.2) is 0 Å². The third kappa shape index (κ3) is 4.09. The molecule has 1 N–H and O–H groups in total. The molecule has 0 aromatic heterocycles. The Balaban J connectivity index is 1.58. The second-order valence-corrected chi connectivity index (χ2v) is 12.5. The lowest BCUT2D eigenvalue weighted by molar-refractivity contribution is -0.123. The van der Waals surface area contributed by atoms with E-state index in [1.54, 1.807) is 32.9 Å². The van der Waals surface area contributed by atoms with E-state index in [9.17, 15) is 21.6 Å². The van der Waals surface area contributed by atoms with E-state index in [1.807, 2.05) is 12.1 Å². The van der Waals surface area contributed by atoms with Crippen LogP contribution in [0.2, 0.25) is 0 Å². The Morgan fingerprint density at radius 1 is 0.969 bits per heavy atom. The minimum atomic E-state index is -3.90. The van der Waals surface area contributed by atoms with Gasteiger partial charge < -0.3 is 4.90 Å². The van der Waals surface area contributed by atoms with Crippen LogP contribution in [0.15, 0.2) is 47.4 Å². The van der Waals surface area contributed by atoms with Crippen LogP contribution in [-0.2, 0) is 24.8 Å². The van der Waals surface area contributed by atoms with Crippen molar-refractivity contribution in [2.75, 3.05) is 32.8 Å². The van der Waals surface area contributed by atoms with Gasteiger partial charge in [0.25, 0.3) is 10.0 Å². The lowest BCUT2D eigenvalue weighted by Gasteiger charge is -2.19. The molecule has 0 spiro atoms. The Bertz CT molecular complexity index is 1260. The van der Waals surface area contributed by atoms with E-state index in [1.165, 1.54) is 18.2 Å². The van der Waals surface area contributed by atoms with E-state index in [2.05, 4.69) is 9.62 Å². The van der Waals surface area contributed by atoms with E-state index < -0.39 is 31.4 Å². The summed E-state index contributed by atoms with van der Waals surface area (Å²) in [5.41, 5.74) is 0.963. The van der Waals surface area contributed by atoms with Crippen LogP contribution in [-0.4, -0.2) is 41.6 Å². The van der Waals surface area contributed by atoms with Crippen LogP contribution in [0.5, 0.6) is 0 Å². The lowest BCUT2D eigenvalue weighted by Crippen LogP contribution is -2.33. The molecule has 2 aromatic rings. The van der Waals surface area contributed by atoms with Crippen LogP contribution in [0.4, 0.5) is 17.1 Å². The Labute approximate surface area is 189 Å². The molecule has 2 aliphatic heterocycles. The molecule has 2 fully saturated rings. The molecule has 1 amide bonds. The molecule has 0 bridgehead atoms. The molecule has 2 aliphatic rings. The van der Waals surface area contributed by atoms with Gasteiger partial charge in [0.05, 0.1) is 21.8 Å². The molecule has 2 heterocycles. The number of nitrogens with zero attached hydrogens (tertiary/aromatic N) is 2. The summed E-state index contributed by atoms with van der Waals surface area (Å²) >= 11 is 0. The lowest BCUT2D eigenvalue weighted by atomic mass is 9.95. The zero-order chi connectivity index (χ0) is 23.3. The predicted octanol–water partition coefficient (Wildman–Crippen LogP) is 3.10. The molecule has 2 aromatic carbocycles. The standard InChI is InChI=1S/C22H27N3O5S2/c1-16-14-19(25-21(26)22(2,3)15-31(25,27)28)10-11-20(16)32(29,30)23-17-6-8-18(9-7-17)24-12-4-5-13-24/h6-11,14,23H,4-5,12-13,15H2,1-3H3. The summed E-state index contributed by atoms with van der Waals surface area (Å²) in [7, 11) is -7.70. The summed E-state index contributed by atoms with van der Waals surface area (Å²) in [6, 6.07) is 11.4. The minimum absolute atomic E-state index is 0.0215. The first-order chi connectivity index (χ1) is 14.9. The number of sulfonamides is 2. The van der Waals surface area contributed by atoms with Crippen LogP contribution in [0, 0.1) is 12.3 Å². The zero-order valence-corrected chi connectivity index (χ0v) is 20.0. The van der Waals surface area contributed by atoms with Crippen LogP contribution < -0.4 is 13.9 Å². The molecule has 10 heteroatoms. The second kappa shape index (κ2) is 7.77. The van der Waals surface area contributed by atoms with Crippen molar-refractivity contribution in [1.29, 1.82) is 0 Å². The number of rotatable bonds is 5. The number of hydrogen-bond donors (Lipinski definition) is 1. The molecule has 0 atom stereocenters. The first-order valence-electron chi connectivity index (χ1n) is 10.5. The number of nitrogens with one attached hydrogen (secondary N) is 1. The molecule has 172 valence electrons. The largest absolute Gasteiger partial charge is 0.372 e. The zero-order valence-electron chi connectivity index (χ0n) is 18.3. The van der Waals surface area contributed by atoms with Gasteiger partial charge >= 0.3 is 0 Å². The number of benzene rings is 2. The highest BCUT2D eigenvalue weighted by Gasteiger charge is 2.50. The molecule has 0 radical (unpaired) electrons. The first kappa shape index (κ1) is 22.6.